The first-order chi connectivity index (χ1) is 14.7. The predicted molar refractivity (Wildman–Crippen MR) is 104 cm³/mol. The smallest absolute Gasteiger partial charge is 0.416 e. The minimum Gasteiger partial charge on any atom is -0.482 e. The highest BCUT2D eigenvalue weighted by Gasteiger charge is 2.30. The Morgan fingerprint density at radius 1 is 1.06 bits per heavy atom. The molecule has 0 aliphatic heterocycles. The van der Waals surface area contributed by atoms with E-state index in [0.717, 1.165) is 18.2 Å². The van der Waals surface area contributed by atoms with Crippen molar-refractivity contribution in [1.82, 2.24) is 5.43 Å². The van der Waals surface area contributed by atoms with Gasteiger partial charge in [0.25, 0.3) is 0 Å². The van der Waals surface area contributed by atoms with Crippen LogP contribution in [0.25, 0.3) is 0 Å². The minimum atomic E-state index is -4.54. The van der Waals surface area contributed by atoms with Gasteiger partial charge in [-0.3, -0.25) is 9.59 Å². The Kier molecular flexibility index (Phi) is 8.12. The van der Waals surface area contributed by atoms with Crippen molar-refractivity contribution < 1.29 is 37.0 Å². The van der Waals surface area contributed by atoms with E-state index in [0.29, 0.717) is 11.3 Å². The van der Waals surface area contributed by atoms with E-state index in [-0.39, 0.29) is 12.3 Å². The summed E-state index contributed by atoms with van der Waals surface area (Å²) >= 11 is 0. The first-order valence-corrected chi connectivity index (χ1v) is 8.76. The number of alkyl halides is 3. The molecule has 8 nitrogen and oxygen atoms in total. The fourth-order valence-corrected chi connectivity index (χ4v) is 2.19. The maximum absolute atomic E-state index is 12.7. The van der Waals surface area contributed by atoms with Gasteiger partial charge in [-0.2, -0.15) is 18.3 Å². The van der Waals surface area contributed by atoms with Crippen molar-refractivity contribution in [3.8, 4) is 5.75 Å². The van der Waals surface area contributed by atoms with Crippen molar-refractivity contribution in [2.24, 2.45) is 5.10 Å². The van der Waals surface area contributed by atoms with Gasteiger partial charge in [0, 0.05) is 5.69 Å². The summed E-state index contributed by atoms with van der Waals surface area (Å²) in [6, 6.07) is 10.5. The lowest BCUT2D eigenvalue weighted by Crippen LogP contribution is -2.24. The van der Waals surface area contributed by atoms with Gasteiger partial charge in [-0.1, -0.05) is 6.07 Å². The second kappa shape index (κ2) is 10.8. The number of nitrogens with zero attached hydrogens (tertiary/aromatic N) is 1. The number of carbonyl (C=O) groups excluding carboxylic acids is 3. The van der Waals surface area contributed by atoms with Crippen LogP contribution in [0.4, 0.5) is 18.9 Å². The van der Waals surface area contributed by atoms with E-state index >= 15 is 0 Å². The number of rotatable bonds is 8. The van der Waals surface area contributed by atoms with Gasteiger partial charge in [-0.15, -0.1) is 0 Å². The zero-order valence-electron chi connectivity index (χ0n) is 16.2. The first-order valence-electron chi connectivity index (χ1n) is 8.76. The number of methoxy groups -OCH3 is 1. The number of hydrogen-bond donors (Lipinski definition) is 2. The molecule has 0 bridgehead atoms. The van der Waals surface area contributed by atoms with E-state index in [2.05, 4.69) is 20.6 Å². The number of anilines is 1. The van der Waals surface area contributed by atoms with Gasteiger partial charge >= 0.3 is 12.1 Å². The number of esters is 1. The molecule has 31 heavy (non-hydrogen) atoms. The highest BCUT2D eigenvalue weighted by Crippen LogP contribution is 2.30. The van der Waals surface area contributed by atoms with Gasteiger partial charge in [0.15, 0.2) is 6.61 Å². The molecule has 2 rings (SSSR count). The minimum absolute atomic E-state index is 0.0781. The summed E-state index contributed by atoms with van der Waals surface area (Å²) in [7, 11) is 1.24. The molecule has 0 heterocycles. The zero-order valence-corrected chi connectivity index (χ0v) is 16.2. The number of amides is 2. The van der Waals surface area contributed by atoms with Crippen molar-refractivity contribution in [3.63, 3.8) is 0 Å². The number of benzene rings is 2. The summed E-state index contributed by atoms with van der Waals surface area (Å²) in [4.78, 5) is 34.6. The molecule has 2 aromatic carbocycles. The SMILES string of the molecule is COC(=O)COc1ccc(C=NNC(=O)CC(=O)Nc2cccc(C(F)(F)F)c2)cc1. The van der Waals surface area contributed by atoms with Gasteiger partial charge in [0.05, 0.1) is 18.9 Å². The summed E-state index contributed by atoms with van der Waals surface area (Å²) in [5.74, 6) is -1.64. The number of carbonyl (C=O) groups is 3. The average molecular weight is 437 g/mol. The first kappa shape index (κ1) is 23.4. The third-order valence-corrected chi connectivity index (χ3v) is 3.66. The molecule has 0 radical (unpaired) electrons. The Bertz CT molecular complexity index is 959. The summed E-state index contributed by atoms with van der Waals surface area (Å²) < 4.78 is 47.7. The lowest BCUT2D eigenvalue weighted by atomic mass is 10.2. The number of hydrazone groups is 1. The van der Waals surface area contributed by atoms with E-state index in [1.165, 1.54) is 19.4 Å². The molecule has 2 N–H and O–H groups in total. The Balaban J connectivity index is 1.80. The highest BCUT2D eigenvalue weighted by molar-refractivity contribution is 6.03. The van der Waals surface area contributed by atoms with Crippen LogP contribution in [0.15, 0.2) is 53.6 Å². The molecule has 0 unspecified atom stereocenters. The molecule has 164 valence electrons. The monoisotopic (exact) mass is 437 g/mol. The lowest BCUT2D eigenvalue weighted by Gasteiger charge is -2.09. The Labute approximate surface area is 175 Å². The van der Waals surface area contributed by atoms with E-state index < -0.39 is 35.9 Å². The zero-order chi connectivity index (χ0) is 22.9. The van der Waals surface area contributed by atoms with Crippen LogP contribution in [0, 0.1) is 0 Å². The molecule has 0 spiro atoms. The van der Waals surface area contributed by atoms with E-state index in [9.17, 15) is 27.6 Å². The van der Waals surface area contributed by atoms with Crippen molar-refractivity contribution in [2.75, 3.05) is 19.0 Å². The predicted octanol–water partition coefficient (Wildman–Crippen LogP) is 2.74. The van der Waals surface area contributed by atoms with Crippen molar-refractivity contribution in [3.05, 3.63) is 59.7 Å². The van der Waals surface area contributed by atoms with Crippen LogP contribution in [0.2, 0.25) is 0 Å². The van der Waals surface area contributed by atoms with Crippen molar-refractivity contribution in [2.45, 2.75) is 12.6 Å². The molecule has 0 saturated carbocycles. The second-order valence-corrected chi connectivity index (χ2v) is 6.03. The van der Waals surface area contributed by atoms with Gasteiger partial charge in [0.1, 0.15) is 12.2 Å². The molecule has 0 aliphatic rings. The van der Waals surface area contributed by atoms with Crippen molar-refractivity contribution >= 4 is 29.7 Å². The number of hydrogen-bond acceptors (Lipinski definition) is 6. The molecule has 2 aromatic rings. The maximum atomic E-state index is 12.7. The van der Waals surface area contributed by atoms with Crippen LogP contribution in [-0.4, -0.2) is 37.7 Å². The van der Waals surface area contributed by atoms with Crippen LogP contribution in [0.5, 0.6) is 5.75 Å². The quantitative estimate of drug-likeness (QED) is 0.286. The van der Waals surface area contributed by atoms with Crippen molar-refractivity contribution in [1.29, 1.82) is 0 Å². The average Bonchev–Trinajstić information content (AvgIpc) is 2.72. The van der Waals surface area contributed by atoms with Gasteiger partial charge < -0.3 is 14.8 Å². The molecule has 11 heteroatoms. The lowest BCUT2D eigenvalue weighted by molar-refractivity contribution is -0.143. The normalized spacial score (nSPS) is 11.1. The molecular weight excluding hydrogens is 419 g/mol. The highest BCUT2D eigenvalue weighted by atomic mass is 19.4. The number of halogens is 3. The van der Waals surface area contributed by atoms with Crippen LogP contribution in [-0.2, 0) is 25.3 Å². The Hall–Kier alpha value is -3.89. The molecule has 0 fully saturated rings. The van der Waals surface area contributed by atoms with Crippen LogP contribution in [0.1, 0.15) is 17.5 Å². The van der Waals surface area contributed by atoms with Crippen LogP contribution in [0.3, 0.4) is 0 Å². The van der Waals surface area contributed by atoms with Crippen LogP contribution >= 0.6 is 0 Å². The van der Waals surface area contributed by atoms with Gasteiger partial charge in [-0.05, 0) is 48.0 Å². The fourth-order valence-electron chi connectivity index (χ4n) is 2.19. The standard InChI is InChI=1S/C20H18F3N3O5/c1-30-19(29)12-31-16-7-5-13(6-8-16)11-24-26-18(28)10-17(27)25-15-4-2-3-14(9-15)20(21,22)23/h2-9,11H,10,12H2,1H3,(H,25,27)(H,26,28). The third kappa shape index (κ3) is 8.17. The summed E-state index contributed by atoms with van der Waals surface area (Å²) in [5.41, 5.74) is 1.75. The fraction of sp³-hybridized carbons (Fsp3) is 0.200. The second-order valence-electron chi connectivity index (χ2n) is 6.03. The van der Waals surface area contributed by atoms with Gasteiger partial charge in [0.2, 0.25) is 11.8 Å². The summed E-state index contributed by atoms with van der Waals surface area (Å²) in [6.45, 7) is -0.234. The van der Waals surface area contributed by atoms with E-state index in [4.69, 9.17) is 4.74 Å². The molecule has 0 atom stereocenters. The topological polar surface area (TPSA) is 106 Å². The molecule has 0 saturated heterocycles. The maximum Gasteiger partial charge on any atom is 0.416 e. The summed E-state index contributed by atoms with van der Waals surface area (Å²) in [5, 5.41) is 5.92. The molecular formula is C20H18F3N3O5. The van der Waals surface area contributed by atoms with Crippen LogP contribution < -0.4 is 15.5 Å². The number of ether oxygens (including phenoxy) is 2. The molecule has 0 aliphatic carbocycles. The van der Waals surface area contributed by atoms with E-state index in [1.54, 1.807) is 24.3 Å². The van der Waals surface area contributed by atoms with Gasteiger partial charge in [-0.25, -0.2) is 10.2 Å². The largest absolute Gasteiger partial charge is 0.482 e. The third-order valence-electron chi connectivity index (χ3n) is 3.66. The Morgan fingerprint density at radius 2 is 1.77 bits per heavy atom. The van der Waals surface area contributed by atoms with E-state index in [1.807, 2.05) is 0 Å². The Morgan fingerprint density at radius 3 is 2.42 bits per heavy atom. The summed E-state index contributed by atoms with van der Waals surface area (Å²) in [6.07, 6.45) is -3.86. The number of nitrogens with one attached hydrogen (secondary N) is 2. The molecule has 2 amide bonds. The molecule has 0 aromatic heterocycles.